The second-order valence-electron chi connectivity index (χ2n) is 5.33. The van der Waals surface area contributed by atoms with Crippen LogP contribution in [0.1, 0.15) is 18.1 Å². The average molecular weight is 304 g/mol. The van der Waals surface area contributed by atoms with Gasteiger partial charge in [0.1, 0.15) is 6.07 Å². The van der Waals surface area contributed by atoms with E-state index in [1.54, 1.807) is 34.8 Å². The maximum absolute atomic E-state index is 12.0. The van der Waals surface area contributed by atoms with Crippen molar-refractivity contribution in [2.75, 3.05) is 0 Å². The maximum atomic E-state index is 12.0. The molecule has 0 radical (unpaired) electrons. The molecule has 2 heterocycles. The van der Waals surface area contributed by atoms with Crippen LogP contribution >= 0.6 is 0 Å². The Morgan fingerprint density at radius 3 is 2.74 bits per heavy atom. The van der Waals surface area contributed by atoms with E-state index < -0.39 is 0 Å². The number of pyridine rings is 1. The number of rotatable bonds is 3. The lowest BCUT2D eigenvalue weighted by molar-refractivity contribution is 0.837. The second-order valence-corrected chi connectivity index (χ2v) is 5.33. The molecular formula is C18H16N4O. The van der Waals surface area contributed by atoms with E-state index in [9.17, 15) is 10.1 Å². The fourth-order valence-electron chi connectivity index (χ4n) is 2.56. The lowest BCUT2D eigenvalue weighted by Gasteiger charge is -2.06. The fourth-order valence-corrected chi connectivity index (χ4v) is 2.56. The minimum Gasteiger partial charge on any atom is -0.318 e. The van der Waals surface area contributed by atoms with Gasteiger partial charge in [0.05, 0.1) is 17.4 Å². The van der Waals surface area contributed by atoms with Crippen LogP contribution in [0.5, 0.6) is 0 Å². The molecule has 0 aliphatic carbocycles. The van der Waals surface area contributed by atoms with Crippen LogP contribution in [0.25, 0.3) is 16.8 Å². The normalized spacial score (nSPS) is 10.5. The average Bonchev–Trinajstić information content (AvgIpc) is 3.07. The summed E-state index contributed by atoms with van der Waals surface area (Å²) in [6, 6.07) is 11.4. The summed E-state index contributed by atoms with van der Waals surface area (Å²) in [5.74, 6) is 0. The van der Waals surface area contributed by atoms with E-state index >= 15 is 0 Å². The third-order valence-electron chi connectivity index (χ3n) is 3.83. The first-order valence-corrected chi connectivity index (χ1v) is 7.38. The summed E-state index contributed by atoms with van der Waals surface area (Å²) in [6.07, 6.45) is 6.10. The highest BCUT2D eigenvalue weighted by atomic mass is 16.1. The first-order valence-electron chi connectivity index (χ1n) is 7.38. The molecule has 0 fully saturated rings. The van der Waals surface area contributed by atoms with E-state index in [0.29, 0.717) is 12.0 Å². The van der Waals surface area contributed by atoms with Crippen LogP contribution in [0.4, 0.5) is 0 Å². The number of para-hydroxylation sites is 1. The van der Waals surface area contributed by atoms with E-state index in [4.69, 9.17) is 0 Å². The molecule has 0 unspecified atom stereocenters. The molecule has 0 atom stereocenters. The van der Waals surface area contributed by atoms with Crippen LogP contribution in [0.2, 0.25) is 0 Å². The molecule has 114 valence electrons. The van der Waals surface area contributed by atoms with E-state index in [1.165, 1.54) is 0 Å². The number of benzene rings is 1. The second kappa shape index (κ2) is 5.93. The van der Waals surface area contributed by atoms with Gasteiger partial charge in [0, 0.05) is 36.1 Å². The first kappa shape index (κ1) is 14.8. The van der Waals surface area contributed by atoms with Crippen molar-refractivity contribution in [2.45, 2.75) is 13.3 Å². The largest absolute Gasteiger partial charge is 0.318 e. The van der Waals surface area contributed by atoms with Crippen LogP contribution < -0.4 is 5.56 Å². The van der Waals surface area contributed by atoms with Gasteiger partial charge in [-0.2, -0.15) is 10.4 Å². The summed E-state index contributed by atoms with van der Waals surface area (Å²) in [4.78, 5) is 12.0. The Morgan fingerprint density at radius 2 is 2.00 bits per heavy atom. The Bertz CT molecular complexity index is 960. The lowest BCUT2D eigenvalue weighted by Crippen LogP contribution is -2.20. The first-order chi connectivity index (χ1) is 11.1. The smallest absolute Gasteiger partial charge is 0.253 e. The van der Waals surface area contributed by atoms with Crippen molar-refractivity contribution in [3.8, 4) is 22.9 Å². The highest BCUT2D eigenvalue weighted by Crippen LogP contribution is 2.21. The molecule has 0 amide bonds. The molecule has 1 aromatic carbocycles. The van der Waals surface area contributed by atoms with Gasteiger partial charge < -0.3 is 4.57 Å². The molecule has 0 saturated carbocycles. The van der Waals surface area contributed by atoms with E-state index in [2.05, 4.69) is 11.2 Å². The minimum absolute atomic E-state index is 0.0264. The summed E-state index contributed by atoms with van der Waals surface area (Å²) < 4.78 is 3.28. The third-order valence-corrected chi connectivity index (χ3v) is 3.83. The molecule has 0 aliphatic heterocycles. The molecule has 23 heavy (non-hydrogen) atoms. The van der Waals surface area contributed by atoms with Crippen molar-refractivity contribution in [1.29, 1.82) is 5.26 Å². The Morgan fingerprint density at radius 1 is 1.22 bits per heavy atom. The predicted molar refractivity (Wildman–Crippen MR) is 88.3 cm³/mol. The van der Waals surface area contributed by atoms with Crippen molar-refractivity contribution in [1.82, 2.24) is 14.3 Å². The molecule has 0 saturated heterocycles. The number of hydrogen-bond donors (Lipinski definition) is 0. The van der Waals surface area contributed by atoms with Crippen molar-refractivity contribution in [2.24, 2.45) is 7.05 Å². The summed E-state index contributed by atoms with van der Waals surface area (Å²) in [7, 11) is 1.75. The number of aryl methyl sites for hydroxylation is 2. The number of nitrogens with zero attached hydrogens (tertiary/aromatic N) is 4. The Labute approximate surface area is 134 Å². The highest BCUT2D eigenvalue weighted by molar-refractivity contribution is 5.62. The molecule has 3 rings (SSSR count). The van der Waals surface area contributed by atoms with Gasteiger partial charge in [-0.05, 0) is 24.6 Å². The van der Waals surface area contributed by atoms with Gasteiger partial charge in [-0.15, -0.1) is 0 Å². The minimum atomic E-state index is 0.0264. The molecule has 0 spiro atoms. The summed E-state index contributed by atoms with van der Waals surface area (Å²) in [5, 5.41) is 13.6. The standard InChI is InChI=1S/C18H16N4O/c1-3-13-8-15(11-21(2)18(13)23)16-10-20-22(12-16)17-7-5-4-6-14(17)9-19/h4-8,10-12H,3H2,1-2H3. The number of aromatic nitrogens is 3. The van der Waals surface area contributed by atoms with Crippen LogP contribution in [-0.4, -0.2) is 14.3 Å². The van der Waals surface area contributed by atoms with Crippen molar-refractivity contribution in [3.05, 3.63) is 70.4 Å². The quantitative estimate of drug-likeness (QED) is 0.747. The van der Waals surface area contributed by atoms with Gasteiger partial charge in [-0.1, -0.05) is 19.1 Å². The van der Waals surface area contributed by atoms with Gasteiger partial charge in [0.15, 0.2) is 0 Å². The lowest BCUT2D eigenvalue weighted by atomic mass is 10.1. The molecule has 5 nitrogen and oxygen atoms in total. The van der Waals surface area contributed by atoms with Crippen molar-refractivity contribution >= 4 is 0 Å². The van der Waals surface area contributed by atoms with E-state index in [-0.39, 0.29) is 5.56 Å². The number of nitriles is 1. The van der Waals surface area contributed by atoms with Crippen LogP contribution in [0, 0.1) is 11.3 Å². The monoisotopic (exact) mass is 304 g/mol. The fraction of sp³-hybridized carbons (Fsp3) is 0.167. The van der Waals surface area contributed by atoms with Crippen LogP contribution in [0.15, 0.2) is 53.7 Å². The van der Waals surface area contributed by atoms with Gasteiger partial charge in [-0.25, -0.2) is 4.68 Å². The summed E-state index contributed by atoms with van der Waals surface area (Å²) in [5.41, 5.74) is 3.94. The molecule has 3 aromatic rings. The van der Waals surface area contributed by atoms with E-state index in [1.807, 2.05) is 37.4 Å². The molecule has 0 N–H and O–H groups in total. The van der Waals surface area contributed by atoms with Gasteiger partial charge >= 0.3 is 0 Å². The topological polar surface area (TPSA) is 63.6 Å². The molecule has 0 aliphatic rings. The van der Waals surface area contributed by atoms with Gasteiger partial charge in [-0.3, -0.25) is 4.79 Å². The zero-order valence-electron chi connectivity index (χ0n) is 13.0. The van der Waals surface area contributed by atoms with Gasteiger partial charge in [0.2, 0.25) is 0 Å². The SMILES string of the molecule is CCc1cc(-c2cnn(-c3ccccc3C#N)c2)cn(C)c1=O. The zero-order chi connectivity index (χ0) is 16.4. The maximum Gasteiger partial charge on any atom is 0.253 e. The molecule has 5 heteroatoms. The zero-order valence-corrected chi connectivity index (χ0v) is 13.0. The van der Waals surface area contributed by atoms with Crippen molar-refractivity contribution < 1.29 is 0 Å². The Kier molecular flexibility index (Phi) is 3.82. The van der Waals surface area contributed by atoms with Gasteiger partial charge in [0.25, 0.3) is 5.56 Å². The van der Waals surface area contributed by atoms with E-state index in [0.717, 1.165) is 22.4 Å². The molecule has 0 bridgehead atoms. The summed E-state index contributed by atoms with van der Waals surface area (Å²) >= 11 is 0. The Balaban J connectivity index is 2.08. The molecule has 2 aromatic heterocycles. The summed E-state index contributed by atoms with van der Waals surface area (Å²) in [6.45, 7) is 1.97. The van der Waals surface area contributed by atoms with Crippen LogP contribution in [0.3, 0.4) is 0 Å². The highest BCUT2D eigenvalue weighted by Gasteiger charge is 2.09. The van der Waals surface area contributed by atoms with Crippen molar-refractivity contribution in [3.63, 3.8) is 0 Å². The van der Waals surface area contributed by atoms with Crippen LogP contribution in [-0.2, 0) is 13.5 Å². The predicted octanol–water partition coefficient (Wildman–Crippen LogP) is 2.67. The third kappa shape index (κ3) is 2.67. The Hall–Kier alpha value is -3.13. The molecular weight excluding hydrogens is 288 g/mol. The number of hydrogen-bond acceptors (Lipinski definition) is 3.